The fourth-order valence-corrected chi connectivity index (χ4v) is 5.25. The van der Waals surface area contributed by atoms with Gasteiger partial charge < -0.3 is 29.1 Å². The van der Waals surface area contributed by atoms with E-state index in [9.17, 15) is 9.90 Å². The van der Waals surface area contributed by atoms with Crippen molar-refractivity contribution in [3.8, 4) is 11.5 Å². The molecule has 0 spiro atoms. The van der Waals surface area contributed by atoms with Crippen molar-refractivity contribution >= 4 is 41.1 Å². The van der Waals surface area contributed by atoms with Gasteiger partial charge in [0.2, 0.25) is 0 Å². The Morgan fingerprint density at radius 1 is 1.12 bits per heavy atom. The van der Waals surface area contributed by atoms with E-state index in [0.717, 1.165) is 17.0 Å². The third-order valence-electron chi connectivity index (χ3n) is 6.81. The maximum atomic E-state index is 12.5. The lowest BCUT2D eigenvalue weighted by atomic mass is 10.1. The van der Waals surface area contributed by atoms with Crippen molar-refractivity contribution in [3.05, 3.63) is 87.9 Å². The van der Waals surface area contributed by atoms with Gasteiger partial charge in [-0.05, 0) is 61.0 Å². The van der Waals surface area contributed by atoms with E-state index in [1.54, 1.807) is 41.3 Å². The molecule has 0 radical (unpaired) electrons. The number of urea groups is 1. The average molecular weight is 585 g/mol. The molecule has 5 rings (SSSR count). The van der Waals surface area contributed by atoms with Crippen LogP contribution in [0.5, 0.6) is 11.5 Å². The highest BCUT2D eigenvalue weighted by molar-refractivity contribution is 6.35. The lowest BCUT2D eigenvalue weighted by molar-refractivity contribution is -0.164. The van der Waals surface area contributed by atoms with E-state index in [0.29, 0.717) is 55.0 Å². The van der Waals surface area contributed by atoms with Crippen molar-refractivity contribution in [2.45, 2.75) is 18.8 Å². The first kappa shape index (κ1) is 28.0. The van der Waals surface area contributed by atoms with E-state index in [-0.39, 0.29) is 17.9 Å². The minimum absolute atomic E-state index is 0.145. The summed E-state index contributed by atoms with van der Waals surface area (Å²) in [6.07, 6.45) is 1.25. The van der Waals surface area contributed by atoms with Gasteiger partial charge in [-0.1, -0.05) is 41.4 Å². The first-order valence-corrected chi connectivity index (χ1v) is 13.7. The minimum Gasteiger partial charge on any atom is -0.508 e. The van der Waals surface area contributed by atoms with Crippen molar-refractivity contribution in [1.29, 1.82) is 0 Å². The molecule has 11 heteroatoms. The molecule has 2 fully saturated rings. The Balaban J connectivity index is 1.06. The normalized spacial score (nSPS) is 21.1. The van der Waals surface area contributed by atoms with E-state index < -0.39 is 5.79 Å². The second kappa shape index (κ2) is 12.3. The van der Waals surface area contributed by atoms with E-state index in [4.69, 9.17) is 37.4 Å². The number of ether oxygens (including phenoxy) is 3. The van der Waals surface area contributed by atoms with Crippen LogP contribution in [0.15, 0.2) is 71.8 Å². The van der Waals surface area contributed by atoms with E-state index in [2.05, 4.69) is 15.4 Å². The number of amides is 2. The number of aromatic hydroxyl groups is 1. The molecule has 2 aliphatic heterocycles. The Hall–Kier alpha value is -3.50. The van der Waals surface area contributed by atoms with Crippen molar-refractivity contribution < 1.29 is 24.1 Å². The molecule has 1 unspecified atom stereocenters. The van der Waals surface area contributed by atoms with Gasteiger partial charge in [0.15, 0.2) is 5.79 Å². The molecule has 3 aromatic carbocycles. The second-order valence-corrected chi connectivity index (χ2v) is 10.5. The van der Waals surface area contributed by atoms with Crippen LogP contribution < -0.4 is 15.1 Å². The smallest absolute Gasteiger partial charge is 0.337 e. The molecule has 0 aliphatic carbocycles. The summed E-state index contributed by atoms with van der Waals surface area (Å²) in [5.74, 6) is -0.0864. The van der Waals surface area contributed by atoms with E-state index in [1.807, 2.05) is 37.3 Å². The number of phenols is 1. The zero-order chi connectivity index (χ0) is 28.1. The summed E-state index contributed by atoms with van der Waals surface area (Å²) in [5, 5.41) is 14.5. The summed E-state index contributed by atoms with van der Waals surface area (Å²) < 4.78 is 18.0. The Bertz CT molecular complexity index is 1360. The van der Waals surface area contributed by atoms with Crippen LogP contribution in [0.2, 0.25) is 10.0 Å². The largest absolute Gasteiger partial charge is 0.508 e. The zero-order valence-corrected chi connectivity index (χ0v) is 23.4. The van der Waals surface area contributed by atoms with Gasteiger partial charge in [0.1, 0.15) is 24.2 Å². The number of rotatable bonds is 7. The van der Waals surface area contributed by atoms with Gasteiger partial charge in [0.05, 0.1) is 17.8 Å². The molecule has 0 saturated carbocycles. The van der Waals surface area contributed by atoms with Crippen molar-refractivity contribution in [2.75, 3.05) is 44.3 Å². The standard InChI is InChI=1S/C29H30Cl2N4O5/c1-29(26-10-5-21(30)16-27(26)31)39-19-25(40-29)18-38-24-8-6-22(7-9-24)34-11-13-35(14-12-34)28(37)33-32-17-20-3-2-4-23(36)15-20/h2-10,15-17,25,36H,11-14,18-19H2,1H3,(H,33,37)/b32-17+/t25?,29-/m0/s1. The van der Waals surface area contributed by atoms with E-state index in [1.165, 1.54) is 6.21 Å². The van der Waals surface area contributed by atoms with Gasteiger partial charge in [-0.15, -0.1) is 0 Å². The first-order valence-electron chi connectivity index (χ1n) is 12.9. The first-order chi connectivity index (χ1) is 19.3. The number of hydrogen-bond acceptors (Lipinski definition) is 7. The van der Waals surface area contributed by atoms with Crippen molar-refractivity contribution in [3.63, 3.8) is 0 Å². The Labute approximate surface area is 242 Å². The molecule has 2 atom stereocenters. The van der Waals surface area contributed by atoms with Crippen LogP contribution in [0, 0.1) is 0 Å². The van der Waals surface area contributed by atoms with Crippen LogP contribution in [-0.4, -0.2) is 67.7 Å². The summed E-state index contributed by atoms with van der Waals surface area (Å²) in [5.41, 5.74) is 5.03. The number of halogens is 2. The van der Waals surface area contributed by atoms with Gasteiger partial charge in [-0.3, -0.25) is 0 Å². The van der Waals surface area contributed by atoms with Crippen molar-refractivity contribution in [1.82, 2.24) is 10.3 Å². The SMILES string of the molecule is C[C@]1(c2ccc(Cl)cc2Cl)OCC(COc2ccc(N3CCN(C(=O)N/N=C/c4cccc(O)c4)CC3)cc2)O1. The highest BCUT2D eigenvalue weighted by atomic mass is 35.5. The number of hydrazone groups is 1. The number of hydrogen-bond donors (Lipinski definition) is 2. The van der Waals surface area contributed by atoms with Crippen LogP contribution in [0.1, 0.15) is 18.1 Å². The molecule has 2 aliphatic rings. The summed E-state index contributed by atoms with van der Waals surface area (Å²) in [7, 11) is 0. The Kier molecular flexibility index (Phi) is 8.66. The van der Waals surface area contributed by atoms with Gasteiger partial charge >= 0.3 is 6.03 Å². The predicted molar refractivity (Wildman–Crippen MR) is 155 cm³/mol. The van der Waals surface area contributed by atoms with Gasteiger partial charge in [0, 0.05) is 42.5 Å². The highest BCUT2D eigenvalue weighted by Gasteiger charge is 2.40. The van der Waals surface area contributed by atoms with Gasteiger partial charge in [0.25, 0.3) is 0 Å². The summed E-state index contributed by atoms with van der Waals surface area (Å²) in [6.45, 7) is 5.09. The molecule has 2 saturated heterocycles. The molecule has 9 nitrogen and oxygen atoms in total. The third-order valence-corrected chi connectivity index (χ3v) is 7.35. The number of piperazine rings is 1. The number of phenolic OH excluding ortho intramolecular Hbond substituents is 1. The Morgan fingerprint density at radius 2 is 1.90 bits per heavy atom. The summed E-state index contributed by atoms with van der Waals surface area (Å²) in [4.78, 5) is 16.4. The lowest BCUT2D eigenvalue weighted by Gasteiger charge is -2.35. The number of nitrogens with zero attached hydrogens (tertiary/aromatic N) is 3. The molecule has 3 aromatic rings. The molecule has 0 aromatic heterocycles. The maximum Gasteiger partial charge on any atom is 0.337 e. The topological polar surface area (TPSA) is 95.9 Å². The Morgan fingerprint density at radius 3 is 2.62 bits per heavy atom. The van der Waals surface area contributed by atoms with Crippen LogP contribution in [-0.2, 0) is 15.3 Å². The lowest BCUT2D eigenvalue weighted by Crippen LogP contribution is -2.51. The molecule has 2 N–H and O–H groups in total. The van der Waals surface area contributed by atoms with Gasteiger partial charge in [-0.2, -0.15) is 5.10 Å². The second-order valence-electron chi connectivity index (χ2n) is 9.67. The average Bonchev–Trinajstić information content (AvgIpc) is 3.33. The van der Waals surface area contributed by atoms with Crippen LogP contribution in [0.4, 0.5) is 10.5 Å². The molecular formula is C29H30Cl2N4O5. The molecule has 210 valence electrons. The molecule has 2 amide bonds. The molecular weight excluding hydrogens is 555 g/mol. The van der Waals surface area contributed by atoms with Crippen LogP contribution in [0.3, 0.4) is 0 Å². The number of anilines is 1. The molecule has 2 heterocycles. The van der Waals surface area contributed by atoms with Gasteiger partial charge in [-0.25, -0.2) is 10.2 Å². The fourth-order valence-electron chi connectivity index (χ4n) is 4.67. The van der Waals surface area contributed by atoms with Crippen LogP contribution in [0.25, 0.3) is 0 Å². The summed E-state index contributed by atoms with van der Waals surface area (Å²) >= 11 is 12.4. The zero-order valence-electron chi connectivity index (χ0n) is 21.9. The number of nitrogens with one attached hydrogen (secondary N) is 1. The molecule has 0 bridgehead atoms. The van der Waals surface area contributed by atoms with E-state index >= 15 is 0 Å². The quantitative estimate of drug-likeness (QED) is 0.291. The molecule has 40 heavy (non-hydrogen) atoms. The number of benzene rings is 3. The highest BCUT2D eigenvalue weighted by Crippen LogP contribution is 2.38. The predicted octanol–water partition coefficient (Wildman–Crippen LogP) is 5.23. The third kappa shape index (κ3) is 6.79. The minimum atomic E-state index is -0.961. The number of carbonyl (C=O) groups excluding carboxylic acids is 1. The summed E-state index contributed by atoms with van der Waals surface area (Å²) in [6, 6.07) is 19.5. The monoisotopic (exact) mass is 584 g/mol. The van der Waals surface area contributed by atoms with Crippen molar-refractivity contribution in [2.24, 2.45) is 5.10 Å². The maximum absolute atomic E-state index is 12.5. The number of carbonyl (C=O) groups is 1. The fraction of sp³-hybridized carbons (Fsp3) is 0.310. The van der Waals surface area contributed by atoms with Crippen LogP contribution >= 0.6 is 23.2 Å².